The quantitative estimate of drug-likeness (QED) is 0.884. The molecule has 2 N–H and O–H groups in total. The van der Waals surface area contributed by atoms with E-state index in [9.17, 15) is 9.59 Å². The van der Waals surface area contributed by atoms with E-state index >= 15 is 0 Å². The molecule has 0 fully saturated rings. The highest BCUT2D eigenvalue weighted by molar-refractivity contribution is 6.05. The Kier molecular flexibility index (Phi) is 4.42. The number of benzene rings is 1. The normalized spacial score (nSPS) is 10.6. The van der Waals surface area contributed by atoms with Gasteiger partial charge in [-0.1, -0.05) is 26.0 Å². The molecule has 1 amide bonds. The summed E-state index contributed by atoms with van der Waals surface area (Å²) in [5, 5.41) is 11.5. The summed E-state index contributed by atoms with van der Waals surface area (Å²) in [6, 6.07) is 8.43. The van der Waals surface area contributed by atoms with Crippen molar-refractivity contribution >= 4 is 17.6 Å². The number of rotatable bonds is 5. The van der Waals surface area contributed by atoms with Gasteiger partial charge in [-0.3, -0.25) is 9.59 Å². The van der Waals surface area contributed by atoms with Crippen LogP contribution in [0.2, 0.25) is 0 Å². The van der Waals surface area contributed by atoms with Gasteiger partial charge in [-0.25, -0.2) is 0 Å². The number of hydrogen-bond acceptors (Lipinski definition) is 3. The number of carbonyl (C=O) groups excluding carboxylic acids is 1. The average molecular weight is 287 g/mol. The van der Waals surface area contributed by atoms with Gasteiger partial charge in [0.2, 0.25) is 0 Å². The fourth-order valence-corrected chi connectivity index (χ4v) is 2.09. The van der Waals surface area contributed by atoms with Crippen molar-refractivity contribution in [2.24, 2.45) is 0 Å². The molecule has 0 saturated heterocycles. The van der Waals surface area contributed by atoms with Crippen LogP contribution in [0.5, 0.6) is 0 Å². The molecule has 21 heavy (non-hydrogen) atoms. The first-order chi connectivity index (χ1) is 9.97. The second-order valence-corrected chi connectivity index (χ2v) is 5.08. The van der Waals surface area contributed by atoms with Crippen LogP contribution in [0, 0.1) is 0 Å². The molecule has 110 valence electrons. The highest BCUT2D eigenvalue weighted by atomic mass is 16.4. The van der Waals surface area contributed by atoms with Gasteiger partial charge in [0.15, 0.2) is 0 Å². The molecule has 5 nitrogen and oxygen atoms in total. The average Bonchev–Trinajstić information content (AvgIpc) is 2.87. The van der Waals surface area contributed by atoms with E-state index < -0.39 is 5.97 Å². The van der Waals surface area contributed by atoms with E-state index in [1.165, 1.54) is 6.26 Å². The second kappa shape index (κ2) is 6.26. The molecule has 1 heterocycles. The van der Waals surface area contributed by atoms with Gasteiger partial charge in [-0.05, 0) is 23.8 Å². The van der Waals surface area contributed by atoms with Crippen molar-refractivity contribution in [1.29, 1.82) is 0 Å². The molecular weight excluding hydrogens is 270 g/mol. The third-order valence-electron chi connectivity index (χ3n) is 3.00. The molecule has 0 atom stereocenters. The molecule has 1 aromatic heterocycles. The number of carboxylic acids is 1. The minimum atomic E-state index is -0.907. The van der Waals surface area contributed by atoms with Crippen LogP contribution in [0.4, 0.5) is 5.69 Å². The Balaban J connectivity index is 2.16. The smallest absolute Gasteiger partial charge is 0.307 e. The van der Waals surface area contributed by atoms with Gasteiger partial charge in [0, 0.05) is 11.6 Å². The zero-order valence-electron chi connectivity index (χ0n) is 11.9. The van der Waals surface area contributed by atoms with E-state index in [4.69, 9.17) is 9.52 Å². The van der Waals surface area contributed by atoms with Gasteiger partial charge < -0.3 is 14.8 Å². The molecule has 1 aromatic carbocycles. The minimum Gasteiger partial charge on any atom is -0.481 e. The summed E-state index contributed by atoms with van der Waals surface area (Å²) < 4.78 is 5.32. The number of aliphatic carboxylic acids is 1. The Hall–Kier alpha value is -2.56. The molecule has 2 rings (SSSR count). The Morgan fingerprint density at radius 2 is 2.05 bits per heavy atom. The van der Waals surface area contributed by atoms with Crippen molar-refractivity contribution in [1.82, 2.24) is 0 Å². The molecular formula is C16H17NO4. The summed E-state index contributed by atoms with van der Waals surface area (Å²) in [5.74, 6) is -0.427. The van der Waals surface area contributed by atoms with Crippen LogP contribution in [0.1, 0.15) is 41.4 Å². The molecule has 0 aliphatic heterocycles. The van der Waals surface area contributed by atoms with Gasteiger partial charge in [-0.2, -0.15) is 0 Å². The van der Waals surface area contributed by atoms with Crippen LogP contribution >= 0.6 is 0 Å². The maximum absolute atomic E-state index is 12.2. The summed E-state index contributed by atoms with van der Waals surface area (Å²) in [6.45, 7) is 3.90. The molecule has 5 heteroatoms. The van der Waals surface area contributed by atoms with E-state index in [0.717, 1.165) is 0 Å². The Morgan fingerprint density at radius 1 is 1.29 bits per heavy atom. The lowest BCUT2D eigenvalue weighted by atomic mass is 10.1. The fraction of sp³-hybridized carbons (Fsp3) is 0.250. The van der Waals surface area contributed by atoms with E-state index in [1.54, 1.807) is 30.3 Å². The lowest BCUT2D eigenvalue weighted by Gasteiger charge is -2.08. The standard InChI is InChI=1S/C16H17NO4/c1-10(2)15-13(6-7-21-15)16(20)17-12-5-3-4-11(8-12)9-14(18)19/h3-8,10H,9H2,1-2H3,(H,17,20)(H,18,19). The maximum Gasteiger partial charge on any atom is 0.307 e. The number of amides is 1. The molecule has 0 aliphatic carbocycles. The lowest BCUT2D eigenvalue weighted by Crippen LogP contribution is -2.13. The minimum absolute atomic E-state index is 0.0767. The number of furan rings is 1. The van der Waals surface area contributed by atoms with Gasteiger partial charge in [0.05, 0.1) is 18.2 Å². The summed E-state index contributed by atoms with van der Waals surface area (Å²) >= 11 is 0. The topological polar surface area (TPSA) is 79.5 Å². The predicted octanol–water partition coefficient (Wildman–Crippen LogP) is 3.28. The molecule has 0 bridgehead atoms. The molecule has 0 unspecified atom stereocenters. The van der Waals surface area contributed by atoms with Crippen molar-refractivity contribution < 1.29 is 19.1 Å². The number of hydrogen-bond donors (Lipinski definition) is 2. The van der Waals surface area contributed by atoms with Crippen LogP contribution in [0.3, 0.4) is 0 Å². The van der Waals surface area contributed by atoms with Crippen LogP contribution in [-0.2, 0) is 11.2 Å². The number of anilines is 1. The number of nitrogens with one attached hydrogen (secondary N) is 1. The van der Waals surface area contributed by atoms with Crippen LogP contribution in [-0.4, -0.2) is 17.0 Å². The fourth-order valence-electron chi connectivity index (χ4n) is 2.09. The van der Waals surface area contributed by atoms with Gasteiger partial charge in [0.25, 0.3) is 5.91 Å². The van der Waals surface area contributed by atoms with Crippen molar-refractivity contribution in [3.8, 4) is 0 Å². The van der Waals surface area contributed by atoms with Crippen molar-refractivity contribution in [2.75, 3.05) is 5.32 Å². The van der Waals surface area contributed by atoms with Gasteiger partial charge >= 0.3 is 5.97 Å². The number of carboxylic acid groups (broad SMARTS) is 1. The first-order valence-electron chi connectivity index (χ1n) is 6.67. The van der Waals surface area contributed by atoms with Gasteiger partial charge in [0.1, 0.15) is 5.76 Å². The Labute approximate surface area is 122 Å². The second-order valence-electron chi connectivity index (χ2n) is 5.08. The summed E-state index contributed by atoms with van der Waals surface area (Å²) in [5.41, 5.74) is 1.69. The zero-order valence-corrected chi connectivity index (χ0v) is 11.9. The Morgan fingerprint density at radius 3 is 2.71 bits per heavy atom. The summed E-state index contributed by atoms with van der Waals surface area (Å²) in [6.07, 6.45) is 1.41. The highest BCUT2D eigenvalue weighted by Crippen LogP contribution is 2.22. The summed E-state index contributed by atoms with van der Waals surface area (Å²) in [7, 11) is 0. The van der Waals surface area contributed by atoms with E-state index in [0.29, 0.717) is 22.6 Å². The highest BCUT2D eigenvalue weighted by Gasteiger charge is 2.17. The molecule has 0 aliphatic rings. The van der Waals surface area contributed by atoms with Crippen molar-refractivity contribution in [2.45, 2.75) is 26.2 Å². The molecule has 2 aromatic rings. The van der Waals surface area contributed by atoms with E-state index in [2.05, 4.69) is 5.32 Å². The first kappa shape index (κ1) is 14.8. The van der Waals surface area contributed by atoms with Crippen LogP contribution < -0.4 is 5.32 Å². The molecule has 0 radical (unpaired) electrons. The monoisotopic (exact) mass is 287 g/mol. The zero-order chi connectivity index (χ0) is 15.4. The largest absolute Gasteiger partial charge is 0.481 e. The first-order valence-corrected chi connectivity index (χ1v) is 6.67. The predicted molar refractivity (Wildman–Crippen MR) is 78.5 cm³/mol. The molecule has 0 saturated carbocycles. The lowest BCUT2D eigenvalue weighted by molar-refractivity contribution is -0.136. The Bertz CT molecular complexity index is 658. The maximum atomic E-state index is 12.2. The third kappa shape index (κ3) is 3.72. The van der Waals surface area contributed by atoms with E-state index in [1.807, 2.05) is 13.8 Å². The van der Waals surface area contributed by atoms with Crippen LogP contribution in [0.25, 0.3) is 0 Å². The van der Waals surface area contributed by atoms with E-state index in [-0.39, 0.29) is 18.2 Å². The SMILES string of the molecule is CC(C)c1occc1C(=O)Nc1cccc(CC(=O)O)c1. The molecule has 0 spiro atoms. The van der Waals surface area contributed by atoms with Crippen molar-refractivity contribution in [3.63, 3.8) is 0 Å². The van der Waals surface area contributed by atoms with Gasteiger partial charge in [-0.15, -0.1) is 0 Å². The third-order valence-corrected chi connectivity index (χ3v) is 3.00. The van der Waals surface area contributed by atoms with Crippen LogP contribution in [0.15, 0.2) is 41.0 Å². The number of carbonyl (C=O) groups is 2. The summed E-state index contributed by atoms with van der Waals surface area (Å²) in [4.78, 5) is 23.0. The van der Waals surface area contributed by atoms with Crippen molar-refractivity contribution in [3.05, 3.63) is 53.5 Å².